The molecule has 1 N–H and O–H groups in total. The molecule has 5 aromatic rings. The number of amides is 3. The highest BCUT2D eigenvalue weighted by molar-refractivity contribution is 8.14. The Balaban J connectivity index is 1.35. The lowest BCUT2D eigenvalue weighted by atomic mass is 9.94. The molecular formula is C41H33N3O3S. The fourth-order valence-electron chi connectivity index (χ4n) is 5.74. The molecule has 48 heavy (non-hydrogen) atoms. The highest BCUT2D eigenvalue weighted by Crippen LogP contribution is 2.33. The first-order chi connectivity index (χ1) is 23.5. The van der Waals surface area contributed by atoms with Gasteiger partial charge >= 0.3 is 0 Å². The number of thioether (sulfide) groups is 1. The third-order valence-electron chi connectivity index (χ3n) is 8.01. The third kappa shape index (κ3) is 6.82. The minimum atomic E-state index is -0.661. The third-order valence-corrected chi connectivity index (χ3v) is 8.95. The standard InChI is InChI=1S/C41H33N3O3S/c1-3-5-22-32(4-2)44-40(47)36(26-35-33-23-14-12-20-30(33)25-31-21-13-15-24-34(31)35)39(46)43-41(44)48-27-37(45)42-38(28-16-8-6-9-17-28)29-18-10-7-11-19-29/h3-26,38H,1,27H2,2H3,(H,42,45)/b22-5-,32-4+,36-26+. The summed E-state index contributed by atoms with van der Waals surface area (Å²) < 4.78 is 0. The largest absolute Gasteiger partial charge is 0.344 e. The molecule has 1 aliphatic rings. The van der Waals surface area contributed by atoms with Crippen molar-refractivity contribution in [2.75, 3.05) is 5.75 Å². The van der Waals surface area contributed by atoms with Crippen LogP contribution in [0.25, 0.3) is 27.6 Å². The van der Waals surface area contributed by atoms with E-state index in [1.807, 2.05) is 109 Å². The molecule has 0 fully saturated rings. The highest BCUT2D eigenvalue weighted by Gasteiger charge is 2.35. The van der Waals surface area contributed by atoms with Crippen LogP contribution in [0.1, 0.15) is 29.7 Å². The van der Waals surface area contributed by atoms with E-state index in [0.717, 1.165) is 50.0 Å². The van der Waals surface area contributed by atoms with Crippen LogP contribution in [0.3, 0.4) is 0 Å². The van der Waals surface area contributed by atoms with Crippen LogP contribution in [-0.4, -0.2) is 33.5 Å². The van der Waals surface area contributed by atoms with Crippen LogP contribution < -0.4 is 5.32 Å². The summed E-state index contributed by atoms with van der Waals surface area (Å²) in [4.78, 5) is 47.2. The zero-order valence-corrected chi connectivity index (χ0v) is 27.2. The number of hydrogen-bond acceptors (Lipinski definition) is 4. The summed E-state index contributed by atoms with van der Waals surface area (Å²) in [5.74, 6) is -1.53. The first-order valence-electron chi connectivity index (χ1n) is 15.6. The summed E-state index contributed by atoms with van der Waals surface area (Å²) in [5.41, 5.74) is 3.07. The van der Waals surface area contributed by atoms with E-state index in [4.69, 9.17) is 0 Å². The molecule has 236 valence electrons. The van der Waals surface area contributed by atoms with Crippen molar-refractivity contribution in [1.29, 1.82) is 0 Å². The second-order valence-corrected chi connectivity index (χ2v) is 12.0. The molecule has 1 aliphatic heterocycles. The number of hydrogen-bond donors (Lipinski definition) is 1. The quantitative estimate of drug-likeness (QED) is 0.0755. The Labute approximate surface area is 283 Å². The Morgan fingerprint density at radius 1 is 0.854 bits per heavy atom. The Morgan fingerprint density at radius 3 is 1.98 bits per heavy atom. The molecule has 3 amide bonds. The molecule has 7 heteroatoms. The highest BCUT2D eigenvalue weighted by atomic mass is 32.2. The van der Waals surface area contributed by atoms with Crippen molar-refractivity contribution in [3.63, 3.8) is 0 Å². The fourth-order valence-corrected chi connectivity index (χ4v) is 6.55. The smallest absolute Gasteiger partial charge is 0.285 e. The monoisotopic (exact) mass is 647 g/mol. The average Bonchev–Trinajstić information content (AvgIpc) is 3.12. The number of rotatable bonds is 9. The van der Waals surface area contributed by atoms with Gasteiger partial charge in [-0.25, -0.2) is 0 Å². The summed E-state index contributed by atoms with van der Waals surface area (Å²) in [6.45, 7) is 5.56. The van der Waals surface area contributed by atoms with Gasteiger partial charge in [0.2, 0.25) is 5.91 Å². The number of allylic oxidation sites excluding steroid dienone is 4. The Bertz CT molecular complexity index is 2060. The summed E-state index contributed by atoms with van der Waals surface area (Å²) in [6, 6.07) is 36.9. The average molecular weight is 648 g/mol. The number of nitrogens with one attached hydrogen (secondary N) is 1. The van der Waals surface area contributed by atoms with Crippen LogP contribution in [0.5, 0.6) is 0 Å². The van der Waals surface area contributed by atoms with E-state index < -0.39 is 11.8 Å². The molecule has 5 aromatic carbocycles. The van der Waals surface area contributed by atoms with Crippen molar-refractivity contribution in [2.45, 2.75) is 13.0 Å². The van der Waals surface area contributed by atoms with Gasteiger partial charge in [-0.2, -0.15) is 4.99 Å². The van der Waals surface area contributed by atoms with Crippen LogP contribution >= 0.6 is 11.8 Å². The maximum absolute atomic E-state index is 14.3. The van der Waals surface area contributed by atoms with Crippen molar-refractivity contribution in [1.82, 2.24) is 10.2 Å². The molecule has 6 rings (SSSR count). The Kier molecular flexibility index (Phi) is 9.88. The molecule has 0 bridgehead atoms. The summed E-state index contributed by atoms with van der Waals surface area (Å²) >= 11 is 1.04. The molecule has 0 aromatic heterocycles. The van der Waals surface area contributed by atoms with E-state index in [-0.39, 0.29) is 28.4 Å². The van der Waals surface area contributed by atoms with Gasteiger partial charge in [0, 0.05) is 5.70 Å². The Morgan fingerprint density at radius 2 is 1.42 bits per heavy atom. The van der Waals surface area contributed by atoms with Crippen molar-refractivity contribution < 1.29 is 14.4 Å². The van der Waals surface area contributed by atoms with E-state index >= 15 is 0 Å². The number of fused-ring (bicyclic) bond motifs is 2. The molecule has 0 spiro atoms. The zero-order valence-electron chi connectivity index (χ0n) is 26.4. The van der Waals surface area contributed by atoms with E-state index in [1.165, 1.54) is 4.90 Å². The van der Waals surface area contributed by atoms with E-state index in [0.29, 0.717) is 5.70 Å². The van der Waals surface area contributed by atoms with Gasteiger partial charge in [0.05, 0.1) is 11.8 Å². The molecule has 0 unspecified atom stereocenters. The topological polar surface area (TPSA) is 78.8 Å². The summed E-state index contributed by atoms with van der Waals surface area (Å²) in [5, 5.41) is 7.07. The van der Waals surface area contributed by atoms with Gasteiger partial charge in [-0.15, -0.1) is 0 Å². The lowest BCUT2D eigenvalue weighted by Crippen LogP contribution is -2.42. The van der Waals surface area contributed by atoms with Crippen LogP contribution in [-0.2, 0) is 14.4 Å². The van der Waals surface area contributed by atoms with Crippen molar-refractivity contribution in [3.8, 4) is 0 Å². The van der Waals surface area contributed by atoms with E-state index in [2.05, 4.69) is 23.0 Å². The number of aliphatic imine (C=N–C) groups is 1. The maximum atomic E-state index is 14.3. The van der Waals surface area contributed by atoms with Crippen LogP contribution in [0, 0.1) is 0 Å². The molecule has 0 atom stereocenters. The van der Waals surface area contributed by atoms with Gasteiger partial charge in [0.15, 0.2) is 5.17 Å². The number of carbonyl (C=O) groups is 3. The second-order valence-electron chi connectivity index (χ2n) is 11.0. The molecular weight excluding hydrogens is 615 g/mol. The lowest BCUT2D eigenvalue weighted by Gasteiger charge is -2.28. The number of nitrogens with zero attached hydrogens (tertiary/aromatic N) is 2. The van der Waals surface area contributed by atoms with Gasteiger partial charge in [-0.1, -0.05) is 146 Å². The molecule has 0 radical (unpaired) electrons. The number of amidine groups is 1. The lowest BCUT2D eigenvalue weighted by molar-refractivity contribution is -0.126. The van der Waals surface area contributed by atoms with E-state index in [1.54, 1.807) is 37.3 Å². The normalized spacial score (nSPS) is 14.7. The van der Waals surface area contributed by atoms with Crippen LogP contribution in [0.4, 0.5) is 0 Å². The van der Waals surface area contributed by atoms with Gasteiger partial charge in [-0.3, -0.25) is 19.3 Å². The minimum absolute atomic E-state index is 0.0649. The van der Waals surface area contributed by atoms with Crippen molar-refractivity contribution in [3.05, 3.63) is 174 Å². The zero-order chi connectivity index (χ0) is 33.5. The molecule has 0 saturated heterocycles. The minimum Gasteiger partial charge on any atom is -0.344 e. The van der Waals surface area contributed by atoms with E-state index in [9.17, 15) is 14.4 Å². The van der Waals surface area contributed by atoms with Crippen LogP contribution in [0.15, 0.2) is 162 Å². The summed E-state index contributed by atoms with van der Waals surface area (Å²) in [7, 11) is 0. The first kappa shape index (κ1) is 32.2. The molecule has 0 aliphatic carbocycles. The number of carbonyl (C=O) groups excluding carboxylic acids is 3. The first-order valence-corrected chi connectivity index (χ1v) is 16.5. The predicted molar refractivity (Wildman–Crippen MR) is 197 cm³/mol. The van der Waals surface area contributed by atoms with Gasteiger partial charge in [0.1, 0.15) is 5.57 Å². The van der Waals surface area contributed by atoms with Gasteiger partial charge in [0.25, 0.3) is 11.8 Å². The molecule has 0 saturated carbocycles. The fraction of sp³-hybridized carbons (Fsp3) is 0.0732. The second kappa shape index (κ2) is 14.8. The summed E-state index contributed by atoms with van der Waals surface area (Å²) in [6.07, 6.45) is 8.44. The van der Waals surface area contributed by atoms with Crippen molar-refractivity contribution >= 4 is 62.3 Å². The SMILES string of the molecule is C=C/C=C\C(=C/C)N1C(=O)/C(=C/c2c3ccccc3cc3ccccc23)C(=O)N=C1SCC(=O)NC(c1ccccc1)c1ccccc1. The Hall–Kier alpha value is -5.79. The van der Waals surface area contributed by atoms with Gasteiger partial charge in [-0.05, 0) is 63.4 Å². The van der Waals surface area contributed by atoms with Gasteiger partial charge < -0.3 is 5.32 Å². The number of benzene rings is 5. The van der Waals surface area contributed by atoms with Crippen LogP contribution in [0.2, 0.25) is 0 Å². The molecule has 6 nitrogen and oxygen atoms in total. The predicted octanol–water partition coefficient (Wildman–Crippen LogP) is 8.39. The molecule has 1 heterocycles. The van der Waals surface area contributed by atoms with Crippen molar-refractivity contribution in [2.24, 2.45) is 4.99 Å². The maximum Gasteiger partial charge on any atom is 0.285 e.